The molecule has 0 atom stereocenters. The summed E-state index contributed by atoms with van der Waals surface area (Å²) in [5, 5.41) is 4.23. The molecular weight excluding hydrogens is 298 g/mol. The summed E-state index contributed by atoms with van der Waals surface area (Å²) in [4.78, 5) is 0. The van der Waals surface area contributed by atoms with Gasteiger partial charge in [0.2, 0.25) is 0 Å². The highest BCUT2D eigenvalue weighted by Gasteiger charge is 2.05. The zero-order valence-corrected chi connectivity index (χ0v) is 14.0. The number of ether oxygens (including phenoxy) is 2. The van der Waals surface area contributed by atoms with Crippen molar-refractivity contribution in [3.63, 3.8) is 0 Å². The van der Waals surface area contributed by atoms with Gasteiger partial charge in [0.1, 0.15) is 11.5 Å². The van der Waals surface area contributed by atoms with Crippen LogP contribution in [0.25, 0.3) is 0 Å². The van der Waals surface area contributed by atoms with Crippen LogP contribution in [-0.2, 0) is 13.0 Å². The van der Waals surface area contributed by atoms with Crippen molar-refractivity contribution in [1.29, 1.82) is 0 Å². The fourth-order valence-electron chi connectivity index (χ4n) is 2.32. The predicted molar refractivity (Wildman–Crippen MR) is 91.1 cm³/mol. The first-order chi connectivity index (χ1) is 10.6. The fraction of sp³-hybridized carbons (Fsp3) is 0.333. The molecule has 1 N–H and O–H groups in total. The number of methoxy groups -OCH3 is 2. The molecule has 0 spiro atoms. The Labute approximate surface area is 137 Å². The van der Waals surface area contributed by atoms with E-state index in [2.05, 4.69) is 17.4 Å². The summed E-state index contributed by atoms with van der Waals surface area (Å²) in [6.07, 6.45) is 0.865. The lowest BCUT2D eigenvalue weighted by Crippen LogP contribution is -2.17. The van der Waals surface area contributed by atoms with E-state index >= 15 is 0 Å². The minimum atomic E-state index is 0.755. The summed E-state index contributed by atoms with van der Waals surface area (Å²) in [7, 11) is 3.36. The molecule has 0 unspecified atom stereocenters. The van der Waals surface area contributed by atoms with Crippen LogP contribution in [0, 0.1) is 6.92 Å². The van der Waals surface area contributed by atoms with Crippen molar-refractivity contribution in [3.8, 4) is 11.5 Å². The molecule has 2 rings (SSSR count). The molecule has 2 aromatic carbocycles. The normalized spacial score (nSPS) is 10.5. The van der Waals surface area contributed by atoms with E-state index < -0.39 is 0 Å². The zero-order chi connectivity index (χ0) is 15.9. The van der Waals surface area contributed by atoms with E-state index in [1.54, 1.807) is 14.2 Å². The van der Waals surface area contributed by atoms with Gasteiger partial charge in [0.05, 0.1) is 14.2 Å². The molecule has 0 saturated heterocycles. The molecular formula is C18H22ClNO2. The average Bonchev–Trinajstić information content (AvgIpc) is 2.53. The molecule has 3 nitrogen and oxygen atoms in total. The van der Waals surface area contributed by atoms with Gasteiger partial charge < -0.3 is 14.8 Å². The Bertz CT molecular complexity index is 628. The molecule has 0 fully saturated rings. The van der Waals surface area contributed by atoms with Gasteiger partial charge in [-0.2, -0.15) is 0 Å². The summed E-state index contributed by atoms with van der Waals surface area (Å²) in [5.41, 5.74) is 3.42. The number of nitrogens with one attached hydrogen (secondary N) is 1. The summed E-state index contributed by atoms with van der Waals surface area (Å²) in [6.45, 7) is 3.64. The lowest BCUT2D eigenvalue weighted by Gasteiger charge is -2.11. The second-order valence-electron chi connectivity index (χ2n) is 5.20. The van der Waals surface area contributed by atoms with Gasteiger partial charge in [-0.1, -0.05) is 23.7 Å². The Kier molecular flexibility index (Phi) is 6.10. The summed E-state index contributed by atoms with van der Waals surface area (Å²) < 4.78 is 10.7. The van der Waals surface area contributed by atoms with Gasteiger partial charge in [-0.3, -0.25) is 0 Å². The molecule has 0 amide bonds. The molecule has 2 aromatic rings. The van der Waals surface area contributed by atoms with Gasteiger partial charge in [0.15, 0.2) is 0 Å². The lowest BCUT2D eigenvalue weighted by atomic mass is 10.1. The Balaban J connectivity index is 1.91. The number of benzene rings is 2. The highest BCUT2D eigenvalue weighted by molar-refractivity contribution is 6.31. The highest BCUT2D eigenvalue weighted by atomic mass is 35.5. The van der Waals surface area contributed by atoms with Crippen LogP contribution in [0.4, 0.5) is 0 Å². The molecule has 0 aromatic heterocycles. The smallest absolute Gasteiger partial charge is 0.122 e. The number of aryl methyl sites for hydroxylation is 1. The second-order valence-corrected chi connectivity index (χ2v) is 5.61. The van der Waals surface area contributed by atoms with Gasteiger partial charge in [0, 0.05) is 11.6 Å². The van der Waals surface area contributed by atoms with Crippen molar-refractivity contribution in [1.82, 2.24) is 5.32 Å². The first kappa shape index (κ1) is 16.7. The van der Waals surface area contributed by atoms with Crippen LogP contribution in [0.5, 0.6) is 11.5 Å². The van der Waals surface area contributed by atoms with Crippen LogP contribution in [0.2, 0.25) is 5.02 Å². The van der Waals surface area contributed by atoms with E-state index in [9.17, 15) is 0 Å². The standard InChI is InChI=1S/C18H22ClNO2/c1-13-4-5-15(17(19)10-13)12-20-9-8-14-11-16(21-2)6-7-18(14)22-3/h4-7,10-11,20H,8-9,12H2,1-3H3. The van der Waals surface area contributed by atoms with E-state index in [1.165, 1.54) is 5.56 Å². The maximum atomic E-state index is 6.24. The molecule has 0 saturated carbocycles. The molecule has 118 valence electrons. The molecule has 22 heavy (non-hydrogen) atoms. The molecule has 0 aliphatic carbocycles. The molecule has 0 aliphatic rings. The minimum Gasteiger partial charge on any atom is -0.497 e. The molecule has 0 bridgehead atoms. The van der Waals surface area contributed by atoms with Gasteiger partial charge >= 0.3 is 0 Å². The third-order valence-electron chi connectivity index (χ3n) is 3.58. The van der Waals surface area contributed by atoms with Crippen molar-refractivity contribution >= 4 is 11.6 Å². The lowest BCUT2D eigenvalue weighted by molar-refractivity contribution is 0.398. The zero-order valence-electron chi connectivity index (χ0n) is 13.3. The van der Waals surface area contributed by atoms with Crippen molar-refractivity contribution in [2.24, 2.45) is 0 Å². The molecule has 4 heteroatoms. The maximum absolute atomic E-state index is 6.24. The highest BCUT2D eigenvalue weighted by Crippen LogP contribution is 2.24. The van der Waals surface area contributed by atoms with Crippen LogP contribution in [-0.4, -0.2) is 20.8 Å². The number of halogens is 1. The van der Waals surface area contributed by atoms with Crippen molar-refractivity contribution in [2.45, 2.75) is 19.9 Å². The monoisotopic (exact) mass is 319 g/mol. The predicted octanol–water partition coefficient (Wildman–Crippen LogP) is 4.00. The van der Waals surface area contributed by atoms with Crippen LogP contribution >= 0.6 is 11.6 Å². The van der Waals surface area contributed by atoms with Crippen molar-refractivity contribution < 1.29 is 9.47 Å². The van der Waals surface area contributed by atoms with Gasteiger partial charge in [-0.25, -0.2) is 0 Å². The number of hydrogen-bond acceptors (Lipinski definition) is 3. The van der Waals surface area contributed by atoms with Gasteiger partial charge in [-0.15, -0.1) is 0 Å². The largest absolute Gasteiger partial charge is 0.497 e. The topological polar surface area (TPSA) is 30.5 Å². The summed E-state index contributed by atoms with van der Waals surface area (Å²) in [5.74, 6) is 1.73. The first-order valence-electron chi connectivity index (χ1n) is 7.30. The SMILES string of the molecule is COc1ccc(OC)c(CCNCc2ccc(C)cc2Cl)c1. The molecule has 0 aliphatic heterocycles. The van der Waals surface area contributed by atoms with Crippen LogP contribution in [0.15, 0.2) is 36.4 Å². The Morgan fingerprint density at radius 3 is 2.50 bits per heavy atom. The first-order valence-corrected chi connectivity index (χ1v) is 7.68. The minimum absolute atomic E-state index is 0.755. The molecule has 0 radical (unpaired) electrons. The van der Waals surface area contributed by atoms with Gasteiger partial charge in [-0.05, 0) is 60.8 Å². The van der Waals surface area contributed by atoms with Crippen LogP contribution < -0.4 is 14.8 Å². The van der Waals surface area contributed by atoms with Crippen LogP contribution in [0.3, 0.4) is 0 Å². The quantitative estimate of drug-likeness (QED) is 0.783. The van der Waals surface area contributed by atoms with E-state index in [4.69, 9.17) is 21.1 Å². The number of rotatable bonds is 7. The maximum Gasteiger partial charge on any atom is 0.122 e. The summed E-state index contributed by atoms with van der Waals surface area (Å²) in [6, 6.07) is 12.0. The Hall–Kier alpha value is -1.71. The summed E-state index contributed by atoms with van der Waals surface area (Å²) >= 11 is 6.24. The van der Waals surface area contributed by atoms with E-state index in [1.807, 2.05) is 31.2 Å². The average molecular weight is 320 g/mol. The third-order valence-corrected chi connectivity index (χ3v) is 3.93. The van der Waals surface area contributed by atoms with E-state index in [0.717, 1.165) is 47.2 Å². The third kappa shape index (κ3) is 4.39. The van der Waals surface area contributed by atoms with Crippen molar-refractivity contribution in [3.05, 3.63) is 58.1 Å². The second kappa shape index (κ2) is 8.06. The Morgan fingerprint density at radius 1 is 1.00 bits per heavy atom. The molecule has 0 heterocycles. The Morgan fingerprint density at radius 2 is 1.82 bits per heavy atom. The number of hydrogen-bond donors (Lipinski definition) is 1. The fourth-order valence-corrected chi connectivity index (χ4v) is 2.62. The van der Waals surface area contributed by atoms with E-state index in [0.29, 0.717) is 0 Å². The van der Waals surface area contributed by atoms with E-state index in [-0.39, 0.29) is 0 Å². The van der Waals surface area contributed by atoms with Gasteiger partial charge in [0.25, 0.3) is 0 Å². The van der Waals surface area contributed by atoms with Crippen LogP contribution in [0.1, 0.15) is 16.7 Å². The van der Waals surface area contributed by atoms with Crippen molar-refractivity contribution in [2.75, 3.05) is 20.8 Å².